The third-order valence-electron chi connectivity index (χ3n) is 3.31. The second-order valence-corrected chi connectivity index (χ2v) is 5.27. The standard InChI is InChI=1S/C16H23N3O/c1-4-11-17-13(3)7-10-15-18-16(19-20-15)14-8-5-12(2)6-9-14/h5-6,8-9,13,17H,4,7,10-11H2,1-3H3. The van der Waals surface area contributed by atoms with Crippen LogP contribution in [0.3, 0.4) is 0 Å². The molecule has 1 N–H and O–H groups in total. The van der Waals surface area contributed by atoms with Crippen molar-refractivity contribution in [1.29, 1.82) is 0 Å². The molecular weight excluding hydrogens is 250 g/mol. The van der Waals surface area contributed by atoms with Crippen molar-refractivity contribution < 1.29 is 4.52 Å². The lowest BCUT2D eigenvalue weighted by molar-refractivity contribution is 0.367. The van der Waals surface area contributed by atoms with Gasteiger partial charge in [-0.1, -0.05) is 41.9 Å². The quantitative estimate of drug-likeness (QED) is 0.840. The Kier molecular flexibility index (Phi) is 5.30. The van der Waals surface area contributed by atoms with E-state index in [9.17, 15) is 0 Å². The molecule has 4 heteroatoms. The Hall–Kier alpha value is -1.68. The Morgan fingerprint density at radius 1 is 1.25 bits per heavy atom. The first-order valence-corrected chi connectivity index (χ1v) is 7.32. The number of hydrogen-bond donors (Lipinski definition) is 1. The zero-order valence-electron chi connectivity index (χ0n) is 12.5. The van der Waals surface area contributed by atoms with E-state index in [0.717, 1.165) is 31.4 Å². The third-order valence-corrected chi connectivity index (χ3v) is 3.31. The van der Waals surface area contributed by atoms with Gasteiger partial charge in [0.1, 0.15) is 0 Å². The minimum atomic E-state index is 0.477. The Balaban J connectivity index is 1.90. The second-order valence-electron chi connectivity index (χ2n) is 5.27. The number of benzene rings is 1. The predicted molar refractivity (Wildman–Crippen MR) is 80.5 cm³/mol. The van der Waals surface area contributed by atoms with Gasteiger partial charge >= 0.3 is 0 Å². The molecule has 0 saturated carbocycles. The monoisotopic (exact) mass is 273 g/mol. The normalized spacial score (nSPS) is 12.6. The van der Waals surface area contributed by atoms with Gasteiger partial charge in [0.2, 0.25) is 11.7 Å². The summed E-state index contributed by atoms with van der Waals surface area (Å²) in [7, 11) is 0. The Morgan fingerprint density at radius 2 is 2.00 bits per heavy atom. The Morgan fingerprint density at radius 3 is 2.70 bits per heavy atom. The molecule has 1 unspecified atom stereocenters. The highest BCUT2D eigenvalue weighted by Crippen LogP contribution is 2.17. The van der Waals surface area contributed by atoms with E-state index in [4.69, 9.17) is 4.52 Å². The number of aromatic nitrogens is 2. The first kappa shape index (κ1) is 14.7. The SMILES string of the molecule is CCCNC(C)CCc1nc(-c2ccc(C)cc2)no1. The summed E-state index contributed by atoms with van der Waals surface area (Å²) in [6.07, 6.45) is 2.98. The number of hydrogen-bond acceptors (Lipinski definition) is 4. The molecular formula is C16H23N3O. The number of nitrogens with one attached hydrogen (secondary N) is 1. The molecule has 1 atom stereocenters. The summed E-state index contributed by atoms with van der Waals surface area (Å²) in [5.41, 5.74) is 2.23. The Labute approximate surface area is 120 Å². The predicted octanol–water partition coefficient (Wildman–Crippen LogP) is 3.37. The zero-order valence-corrected chi connectivity index (χ0v) is 12.5. The van der Waals surface area contributed by atoms with Crippen molar-refractivity contribution in [2.24, 2.45) is 0 Å². The van der Waals surface area contributed by atoms with Crippen LogP contribution in [0.5, 0.6) is 0 Å². The highest BCUT2D eigenvalue weighted by molar-refractivity contribution is 5.54. The van der Waals surface area contributed by atoms with E-state index < -0.39 is 0 Å². The molecule has 1 aromatic heterocycles. The molecule has 2 aromatic rings. The summed E-state index contributed by atoms with van der Waals surface area (Å²) in [6.45, 7) is 7.48. The van der Waals surface area contributed by atoms with Crippen LogP contribution in [0.2, 0.25) is 0 Å². The van der Waals surface area contributed by atoms with E-state index in [0.29, 0.717) is 17.8 Å². The summed E-state index contributed by atoms with van der Waals surface area (Å²) in [6, 6.07) is 8.64. The lowest BCUT2D eigenvalue weighted by Gasteiger charge is -2.10. The van der Waals surface area contributed by atoms with Crippen LogP contribution >= 0.6 is 0 Å². The van der Waals surface area contributed by atoms with Crippen molar-refractivity contribution in [3.8, 4) is 11.4 Å². The van der Waals surface area contributed by atoms with Crippen molar-refractivity contribution in [2.45, 2.75) is 46.1 Å². The van der Waals surface area contributed by atoms with Crippen LogP contribution in [0, 0.1) is 6.92 Å². The fourth-order valence-electron chi connectivity index (χ4n) is 2.01. The average Bonchev–Trinajstić information content (AvgIpc) is 2.92. The van der Waals surface area contributed by atoms with Crippen LogP contribution in [0.1, 0.15) is 38.1 Å². The fraction of sp³-hybridized carbons (Fsp3) is 0.500. The zero-order chi connectivity index (χ0) is 14.4. The molecule has 0 bridgehead atoms. The van der Waals surface area contributed by atoms with Crippen molar-refractivity contribution in [3.05, 3.63) is 35.7 Å². The smallest absolute Gasteiger partial charge is 0.227 e. The van der Waals surface area contributed by atoms with Crippen molar-refractivity contribution in [3.63, 3.8) is 0 Å². The van der Waals surface area contributed by atoms with Crippen LogP contribution in [-0.2, 0) is 6.42 Å². The number of aryl methyl sites for hydroxylation is 2. The van der Waals surface area contributed by atoms with Gasteiger partial charge in [-0.3, -0.25) is 0 Å². The van der Waals surface area contributed by atoms with Gasteiger partial charge in [0.15, 0.2) is 0 Å². The Bertz CT molecular complexity index is 519. The van der Waals surface area contributed by atoms with E-state index in [-0.39, 0.29) is 0 Å². The van der Waals surface area contributed by atoms with Crippen LogP contribution in [-0.4, -0.2) is 22.7 Å². The lowest BCUT2D eigenvalue weighted by Crippen LogP contribution is -2.27. The minimum absolute atomic E-state index is 0.477. The second kappa shape index (κ2) is 7.20. The highest BCUT2D eigenvalue weighted by Gasteiger charge is 2.10. The summed E-state index contributed by atoms with van der Waals surface area (Å²) >= 11 is 0. The van der Waals surface area contributed by atoms with Gasteiger partial charge in [0, 0.05) is 18.0 Å². The largest absolute Gasteiger partial charge is 0.339 e. The molecule has 4 nitrogen and oxygen atoms in total. The first-order valence-electron chi connectivity index (χ1n) is 7.32. The lowest BCUT2D eigenvalue weighted by atomic mass is 10.1. The molecule has 20 heavy (non-hydrogen) atoms. The van der Waals surface area contributed by atoms with E-state index in [1.54, 1.807) is 0 Å². The van der Waals surface area contributed by atoms with E-state index in [1.165, 1.54) is 5.56 Å². The van der Waals surface area contributed by atoms with Gasteiger partial charge in [-0.2, -0.15) is 4.98 Å². The van der Waals surface area contributed by atoms with Gasteiger partial charge < -0.3 is 9.84 Å². The molecule has 0 aliphatic heterocycles. The van der Waals surface area contributed by atoms with Crippen LogP contribution in [0.25, 0.3) is 11.4 Å². The van der Waals surface area contributed by atoms with Crippen LogP contribution in [0.15, 0.2) is 28.8 Å². The van der Waals surface area contributed by atoms with Crippen molar-refractivity contribution in [1.82, 2.24) is 15.5 Å². The first-order chi connectivity index (χ1) is 9.69. The molecule has 108 valence electrons. The van der Waals surface area contributed by atoms with Gasteiger partial charge in [-0.25, -0.2) is 0 Å². The summed E-state index contributed by atoms with van der Waals surface area (Å²) in [5.74, 6) is 1.39. The van der Waals surface area contributed by atoms with Crippen LogP contribution < -0.4 is 5.32 Å². The molecule has 0 aliphatic rings. The highest BCUT2D eigenvalue weighted by atomic mass is 16.5. The topological polar surface area (TPSA) is 51.0 Å². The van der Waals surface area contributed by atoms with Crippen molar-refractivity contribution in [2.75, 3.05) is 6.54 Å². The maximum absolute atomic E-state index is 5.32. The molecule has 1 aromatic carbocycles. The van der Waals surface area contributed by atoms with Gasteiger partial charge in [-0.05, 0) is 33.2 Å². The molecule has 0 fully saturated rings. The van der Waals surface area contributed by atoms with E-state index in [2.05, 4.69) is 48.4 Å². The molecule has 0 amide bonds. The number of rotatable bonds is 7. The van der Waals surface area contributed by atoms with Gasteiger partial charge in [-0.15, -0.1) is 0 Å². The van der Waals surface area contributed by atoms with Gasteiger partial charge in [0.05, 0.1) is 0 Å². The fourth-order valence-corrected chi connectivity index (χ4v) is 2.01. The average molecular weight is 273 g/mol. The maximum Gasteiger partial charge on any atom is 0.227 e. The molecule has 2 rings (SSSR count). The number of nitrogens with zero attached hydrogens (tertiary/aromatic N) is 2. The molecule has 1 heterocycles. The molecule has 0 radical (unpaired) electrons. The molecule has 0 spiro atoms. The van der Waals surface area contributed by atoms with Gasteiger partial charge in [0.25, 0.3) is 0 Å². The van der Waals surface area contributed by atoms with Crippen molar-refractivity contribution >= 4 is 0 Å². The van der Waals surface area contributed by atoms with E-state index >= 15 is 0 Å². The van der Waals surface area contributed by atoms with E-state index in [1.807, 2.05) is 12.1 Å². The third kappa shape index (κ3) is 4.17. The summed E-state index contributed by atoms with van der Waals surface area (Å²) in [5, 5.41) is 7.51. The molecule has 0 aliphatic carbocycles. The van der Waals surface area contributed by atoms with Crippen LogP contribution in [0.4, 0.5) is 0 Å². The summed E-state index contributed by atoms with van der Waals surface area (Å²) < 4.78 is 5.32. The summed E-state index contributed by atoms with van der Waals surface area (Å²) in [4.78, 5) is 4.46. The minimum Gasteiger partial charge on any atom is -0.339 e. The maximum atomic E-state index is 5.32. The molecule has 0 saturated heterocycles.